The van der Waals surface area contributed by atoms with Crippen molar-refractivity contribution in [1.29, 1.82) is 0 Å². The Bertz CT molecular complexity index is 656. The summed E-state index contributed by atoms with van der Waals surface area (Å²) in [4.78, 5) is 0.0341. The molecule has 0 amide bonds. The molecule has 1 heterocycles. The molecular formula is C15H23Cl2N2O2S+. The van der Waals surface area contributed by atoms with Gasteiger partial charge in [-0.3, -0.25) is 0 Å². The molecule has 2 rings (SSSR count). The summed E-state index contributed by atoms with van der Waals surface area (Å²) in [6.45, 7) is 8.51. The predicted octanol–water partition coefficient (Wildman–Crippen LogP) is 2.55. The maximum absolute atomic E-state index is 12.6. The highest BCUT2D eigenvalue weighted by atomic mass is 35.5. The van der Waals surface area contributed by atoms with Crippen LogP contribution in [0, 0.1) is 0 Å². The van der Waals surface area contributed by atoms with E-state index in [4.69, 9.17) is 23.2 Å². The second kappa shape index (κ2) is 5.95. The van der Waals surface area contributed by atoms with Gasteiger partial charge in [0.1, 0.15) is 4.90 Å². The van der Waals surface area contributed by atoms with Gasteiger partial charge in [0.05, 0.1) is 16.1 Å². The number of hydrogen-bond donors (Lipinski definition) is 2. The minimum absolute atomic E-state index is 0.0208. The summed E-state index contributed by atoms with van der Waals surface area (Å²) in [6.07, 6.45) is 1.52. The highest BCUT2D eigenvalue weighted by molar-refractivity contribution is 7.89. The van der Waals surface area contributed by atoms with Crippen molar-refractivity contribution in [3.05, 3.63) is 28.2 Å². The van der Waals surface area contributed by atoms with E-state index in [1.54, 1.807) is 6.07 Å². The molecule has 0 aliphatic carbocycles. The van der Waals surface area contributed by atoms with Gasteiger partial charge in [0, 0.05) is 23.9 Å². The van der Waals surface area contributed by atoms with E-state index in [0.717, 1.165) is 12.8 Å². The molecule has 1 aromatic rings. The van der Waals surface area contributed by atoms with Gasteiger partial charge >= 0.3 is 0 Å². The third kappa shape index (κ3) is 4.36. The summed E-state index contributed by atoms with van der Waals surface area (Å²) >= 11 is 11.9. The molecule has 0 atom stereocenters. The molecule has 0 aromatic heterocycles. The normalized spacial score (nSPS) is 21.7. The lowest BCUT2D eigenvalue weighted by atomic mass is 9.80. The molecule has 4 nitrogen and oxygen atoms in total. The number of rotatable bonds is 3. The number of nitrogens with two attached hydrogens (primary N) is 1. The lowest BCUT2D eigenvalue weighted by molar-refractivity contribution is -0.787. The lowest BCUT2D eigenvalue weighted by Crippen LogP contribution is -3.06. The van der Waals surface area contributed by atoms with Crippen molar-refractivity contribution < 1.29 is 13.7 Å². The minimum atomic E-state index is -3.69. The van der Waals surface area contributed by atoms with E-state index >= 15 is 0 Å². The zero-order valence-electron chi connectivity index (χ0n) is 13.3. The topological polar surface area (TPSA) is 62.8 Å². The maximum atomic E-state index is 12.6. The molecule has 0 saturated carbocycles. The van der Waals surface area contributed by atoms with Gasteiger partial charge in [-0.15, -0.1) is 0 Å². The summed E-state index contributed by atoms with van der Waals surface area (Å²) in [5, 5.41) is 2.83. The number of nitrogens with one attached hydrogen (secondary N) is 1. The van der Waals surface area contributed by atoms with Crippen LogP contribution in [-0.4, -0.2) is 25.5 Å². The standard InChI is InChI=1S/C15H22Cl2N2O2S/c1-14(2)8-11(9-15(3,4)19-14)18-22(20,21)13-7-10(16)5-6-12(13)17/h5-7,11,18-19H,8-9H2,1-4H3/p+1. The minimum Gasteiger partial charge on any atom is -0.337 e. The second-order valence-corrected chi connectivity index (χ2v) is 9.95. The summed E-state index contributed by atoms with van der Waals surface area (Å²) in [6, 6.07) is 4.33. The van der Waals surface area contributed by atoms with Crippen LogP contribution in [0.1, 0.15) is 40.5 Å². The van der Waals surface area contributed by atoms with Crippen LogP contribution >= 0.6 is 23.2 Å². The largest absolute Gasteiger partial charge is 0.337 e. The molecular weight excluding hydrogens is 343 g/mol. The molecule has 1 aromatic carbocycles. The van der Waals surface area contributed by atoms with Crippen molar-refractivity contribution in [1.82, 2.24) is 4.72 Å². The van der Waals surface area contributed by atoms with Crippen LogP contribution in [0.5, 0.6) is 0 Å². The summed E-state index contributed by atoms with van der Waals surface area (Å²) < 4.78 is 28.1. The van der Waals surface area contributed by atoms with Crippen molar-refractivity contribution in [3.8, 4) is 0 Å². The zero-order valence-corrected chi connectivity index (χ0v) is 15.6. The first kappa shape index (κ1) is 18.0. The average Bonchev–Trinajstić information content (AvgIpc) is 2.27. The molecule has 0 radical (unpaired) electrons. The van der Waals surface area contributed by atoms with Gasteiger partial charge in [-0.25, -0.2) is 13.1 Å². The Balaban J connectivity index is 2.27. The summed E-state index contributed by atoms with van der Waals surface area (Å²) in [7, 11) is -3.69. The molecule has 1 fully saturated rings. The van der Waals surface area contributed by atoms with Crippen molar-refractivity contribution in [3.63, 3.8) is 0 Å². The Hall–Kier alpha value is -0.330. The Morgan fingerprint density at radius 1 is 1.14 bits per heavy atom. The molecule has 3 N–H and O–H groups in total. The molecule has 0 bridgehead atoms. The van der Waals surface area contributed by atoms with E-state index in [2.05, 4.69) is 37.7 Å². The van der Waals surface area contributed by atoms with Gasteiger partial charge in [0.2, 0.25) is 10.0 Å². The molecule has 1 aliphatic rings. The molecule has 7 heteroatoms. The third-order valence-corrected chi connectivity index (χ3v) is 6.07. The van der Waals surface area contributed by atoms with Gasteiger partial charge in [-0.1, -0.05) is 23.2 Å². The van der Waals surface area contributed by atoms with Crippen molar-refractivity contribution >= 4 is 33.2 Å². The van der Waals surface area contributed by atoms with Crippen LogP contribution in [0.3, 0.4) is 0 Å². The van der Waals surface area contributed by atoms with Gasteiger partial charge in [0.25, 0.3) is 0 Å². The van der Waals surface area contributed by atoms with E-state index < -0.39 is 10.0 Å². The van der Waals surface area contributed by atoms with Crippen molar-refractivity contribution in [2.24, 2.45) is 0 Å². The Kier molecular flexibility index (Phi) is 4.87. The van der Waals surface area contributed by atoms with Gasteiger partial charge < -0.3 is 5.32 Å². The lowest BCUT2D eigenvalue weighted by Gasteiger charge is -2.43. The average molecular weight is 366 g/mol. The van der Waals surface area contributed by atoms with E-state index in [-0.39, 0.29) is 27.0 Å². The van der Waals surface area contributed by atoms with Gasteiger partial charge in [-0.05, 0) is 45.9 Å². The van der Waals surface area contributed by atoms with Crippen molar-refractivity contribution in [2.75, 3.05) is 0 Å². The number of benzene rings is 1. The Morgan fingerprint density at radius 3 is 2.23 bits per heavy atom. The molecule has 0 unspecified atom stereocenters. The predicted molar refractivity (Wildman–Crippen MR) is 89.9 cm³/mol. The highest BCUT2D eigenvalue weighted by Gasteiger charge is 2.43. The SMILES string of the molecule is CC1(C)CC(NS(=O)(=O)c2cc(Cl)ccc2Cl)CC(C)(C)[NH2+]1. The van der Waals surface area contributed by atoms with Gasteiger partial charge in [-0.2, -0.15) is 0 Å². The monoisotopic (exact) mass is 365 g/mol. The number of sulfonamides is 1. The van der Waals surface area contributed by atoms with Gasteiger partial charge in [0.15, 0.2) is 0 Å². The first-order valence-electron chi connectivity index (χ1n) is 7.25. The zero-order chi connectivity index (χ0) is 16.8. The fourth-order valence-electron chi connectivity index (χ4n) is 3.57. The molecule has 1 aliphatic heterocycles. The number of halogens is 2. The van der Waals surface area contributed by atoms with Crippen LogP contribution in [0.2, 0.25) is 10.0 Å². The molecule has 1 saturated heterocycles. The maximum Gasteiger partial charge on any atom is 0.242 e. The Labute approximate surface area is 142 Å². The first-order valence-corrected chi connectivity index (χ1v) is 9.49. The molecule has 22 heavy (non-hydrogen) atoms. The number of quaternary nitrogens is 1. The van der Waals surface area contributed by atoms with Crippen LogP contribution < -0.4 is 10.0 Å². The highest BCUT2D eigenvalue weighted by Crippen LogP contribution is 2.27. The number of hydrogen-bond acceptors (Lipinski definition) is 2. The first-order chi connectivity index (χ1) is 9.90. The fraction of sp³-hybridized carbons (Fsp3) is 0.600. The third-order valence-electron chi connectivity index (χ3n) is 3.83. The Morgan fingerprint density at radius 2 is 1.68 bits per heavy atom. The van der Waals surface area contributed by atoms with Crippen molar-refractivity contribution in [2.45, 2.75) is 62.6 Å². The fourth-order valence-corrected chi connectivity index (χ4v) is 5.57. The smallest absolute Gasteiger partial charge is 0.242 e. The van der Waals surface area contributed by atoms with Crippen LogP contribution in [0.25, 0.3) is 0 Å². The van der Waals surface area contributed by atoms with E-state index in [0.29, 0.717) is 5.02 Å². The van der Waals surface area contributed by atoms with Crippen LogP contribution in [0.4, 0.5) is 0 Å². The number of piperidine rings is 1. The van der Waals surface area contributed by atoms with E-state index in [1.165, 1.54) is 12.1 Å². The molecule has 124 valence electrons. The van der Waals surface area contributed by atoms with E-state index in [9.17, 15) is 8.42 Å². The summed E-state index contributed by atoms with van der Waals surface area (Å²) in [5.41, 5.74) is -0.0415. The van der Waals surface area contributed by atoms with E-state index in [1.807, 2.05) is 0 Å². The van der Waals surface area contributed by atoms with Crippen LogP contribution in [-0.2, 0) is 10.0 Å². The summed E-state index contributed by atoms with van der Waals surface area (Å²) in [5.74, 6) is 0. The molecule has 0 spiro atoms. The van der Waals surface area contributed by atoms with Crippen LogP contribution in [0.15, 0.2) is 23.1 Å². The quantitative estimate of drug-likeness (QED) is 0.864. The second-order valence-electron chi connectivity index (χ2n) is 7.42.